The summed E-state index contributed by atoms with van der Waals surface area (Å²) in [6.07, 6.45) is 3.67. The lowest BCUT2D eigenvalue weighted by atomic mass is 10.0. The van der Waals surface area contributed by atoms with Crippen molar-refractivity contribution >= 4 is 11.6 Å². The van der Waals surface area contributed by atoms with Gasteiger partial charge in [-0.25, -0.2) is 0 Å². The third-order valence-electron chi connectivity index (χ3n) is 3.97. The highest BCUT2D eigenvalue weighted by Crippen LogP contribution is 2.31. The Morgan fingerprint density at radius 2 is 1.72 bits per heavy atom. The molecule has 1 amide bonds. The molecule has 1 aliphatic carbocycles. The highest BCUT2D eigenvalue weighted by atomic mass is 16.2. The second-order valence-corrected chi connectivity index (χ2v) is 6.06. The topological polar surface area (TPSA) is 54.9 Å². The number of benzene rings is 2. The molecule has 4 rings (SSSR count). The summed E-state index contributed by atoms with van der Waals surface area (Å²) in [5.41, 5.74) is 3.76. The number of hydrogen-bond acceptors (Lipinski definition) is 3. The van der Waals surface area contributed by atoms with Crippen LogP contribution < -0.4 is 5.32 Å². The monoisotopic (exact) mass is 333 g/mol. The van der Waals surface area contributed by atoms with Crippen LogP contribution in [0.25, 0.3) is 11.3 Å². The van der Waals surface area contributed by atoms with E-state index in [0.717, 1.165) is 35.3 Å². The van der Waals surface area contributed by atoms with Crippen molar-refractivity contribution in [2.45, 2.75) is 19.8 Å². The van der Waals surface area contributed by atoms with Crippen LogP contribution in [0, 0.1) is 12.8 Å². The van der Waals surface area contributed by atoms with E-state index in [-0.39, 0.29) is 13.3 Å². The first-order chi connectivity index (χ1) is 12.2. The van der Waals surface area contributed by atoms with Gasteiger partial charge in [0.05, 0.1) is 5.69 Å². The maximum atomic E-state index is 11.8. The first-order valence-corrected chi connectivity index (χ1v) is 8.43. The molecule has 1 aliphatic rings. The van der Waals surface area contributed by atoms with Crippen molar-refractivity contribution in [3.8, 4) is 11.3 Å². The number of aromatic nitrogens is 2. The third kappa shape index (κ3) is 4.98. The van der Waals surface area contributed by atoms with E-state index in [1.807, 2.05) is 73.7 Å². The van der Waals surface area contributed by atoms with Gasteiger partial charge in [0.15, 0.2) is 0 Å². The predicted molar refractivity (Wildman–Crippen MR) is 102 cm³/mol. The first-order valence-electron chi connectivity index (χ1n) is 8.43. The van der Waals surface area contributed by atoms with Gasteiger partial charge in [-0.15, -0.1) is 0 Å². The van der Waals surface area contributed by atoms with Crippen LogP contribution >= 0.6 is 0 Å². The van der Waals surface area contributed by atoms with E-state index in [4.69, 9.17) is 0 Å². The quantitative estimate of drug-likeness (QED) is 0.753. The summed E-state index contributed by atoms with van der Waals surface area (Å²) in [7, 11) is 0. The van der Waals surface area contributed by atoms with Crippen molar-refractivity contribution in [1.29, 1.82) is 0 Å². The minimum atomic E-state index is 0. The second kappa shape index (κ2) is 8.20. The van der Waals surface area contributed by atoms with Crippen molar-refractivity contribution in [1.82, 2.24) is 10.2 Å². The smallest absolute Gasteiger partial charge is 0.227 e. The van der Waals surface area contributed by atoms with E-state index in [1.54, 1.807) is 6.20 Å². The maximum absolute atomic E-state index is 11.8. The van der Waals surface area contributed by atoms with Crippen molar-refractivity contribution in [2.75, 3.05) is 5.32 Å². The molecule has 25 heavy (non-hydrogen) atoms. The van der Waals surface area contributed by atoms with E-state index >= 15 is 0 Å². The van der Waals surface area contributed by atoms with Gasteiger partial charge in [0.25, 0.3) is 0 Å². The number of carbonyl (C=O) groups is 1. The van der Waals surface area contributed by atoms with Crippen molar-refractivity contribution in [3.63, 3.8) is 0 Å². The molecule has 1 heterocycles. The van der Waals surface area contributed by atoms with Crippen LogP contribution in [0.1, 0.15) is 19.8 Å². The van der Waals surface area contributed by atoms with Crippen LogP contribution in [-0.4, -0.2) is 16.1 Å². The molecular weight excluding hydrogens is 310 g/mol. The van der Waals surface area contributed by atoms with Crippen LogP contribution in [0.5, 0.6) is 0 Å². The average Bonchev–Trinajstić information content (AvgIpc) is 3.51. The largest absolute Gasteiger partial charge is 0.326 e. The van der Waals surface area contributed by atoms with Crippen molar-refractivity contribution in [3.05, 3.63) is 78.5 Å². The highest BCUT2D eigenvalue weighted by molar-refractivity contribution is 5.94. The summed E-state index contributed by atoms with van der Waals surface area (Å²) in [6, 6.07) is 21.7. The molecule has 0 atom stereocenters. The van der Waals surface area contributed by atoms with Gasteiger partial charge in [-0.3, -0.25) is 4.79 Å². The molecule has 0 spiro atoms. The molecule has 1 fully saturated rings. The number of hydrogen-bond donors (Lipinski definition) is 1. The highest BCUT2D eigenvalue weighted by Gasteiger charge is 2.29. The second-order valence-electron chi connectivity index (χ2n) is 6.06. The Morgan fingerprint density at radius 1 is 1.04 bits per heavy atom. The summed E-state index contributed by atoms with van der Waals surface area (Å²) >= 11 is 0. The summed E-state index contributed by atoms with van der Waals surface area (Å²) in [5.74, 6) is 0.329. The van der Waals surface area contributed by atoms with E-state index in [0.29, 0.717) is 0 Å². The number of carbonyl (C=O) groups excluding carboxylic acids is 1. The molecule has 4 nitrogen and oxygen atoms in total. The number of amides is 1. The van der Waals surface area contributed by atoms with Crippen LogP contribution in [0.4, 0.5) is 5.69 Å². The minimum Gasteiger partial charge on any atom is -0.326 e. The van der Waals surface area contributed by atoms with Crippen LogP contribution in [0.15, 0.2) is 72.9 Å². The SMILES string of the molecule is Cc1ccc(NC(=O)C2CC2)cc1-c1cccnn1.[HH].c1ccccc1. The van der Waals surface area contributed by atoms with E-state index < -0.39 is 0 Å². The molecule has 1 saturated carbocycles. The normalized spacial score (nSPS) is 12.7. The molecule has 2 aromatic carbocycles. The van der Waals surface area contributed by atoms with Gasteiger partial charge >= 0.3 is 0 Å². The van der Waals surface area contributed by atoms with Crippen LogP contribution in [-0.2, 0) is 4.79 Å². The van der Waals surface area contributed by atoms with Gasteiger partial charge in [-0.1, -0.05) is 42.5 Å². The zero-order valence-corrected chi connectivity index (χ0v) is 14.2. The Balaban J connectivity index is 0.000000297. The Bertz CT molecular complexity index is 794. The van der Waals surface area contributed by atoms with E-state index in [1.165, 1.54) is 0 Å². The number of aryl methyl sites for hydroxylation is 1. The predicted octanol–water partition coefficient (Wildman–Crippen LogP) is 4.73. The maximum Gasteiger partial charge on any atom is 0.227 e. The summed E-state index contributed by atoms with van der Waals surface area (Å²) < 4.78 is 0. The molecule has 1 aromatic heterocycles. The lowest BCUT2D eigenvalue weighted by Gasteiger charge is -2.09. The molecule has 0 aliphatic heterocycles. The molecule has 1 N–H and O–H groups in total. The minimum absolute atomic E-state index is 0. The number of nitrogens with one attached hydrogen (secondary N) is 1. The number of nitrogens with zero attached hydrogens (tertiary/aromatic N) is 2. The summed E-state index contributed by atoms with van der Waals surface area (Å²) in [5, 5.41) is 11.0. The molecule has 128 valence electrons. The molecule has 3 aromatic rings. The number of anilines is 1. The fourth-order valence-corrected chi connectivity index (χ4v) is 2.40. The summed E-state index contributed by atoms with van der Waals surface area (Å²) in [6.45, 7) is 2.02. The zero-order valence-electron chi connectivity index (χ0n) is 14.2. The molecule has 0 radical (unpaired) electrons. The van der Waals surface area contributed by atoms with Gasteiger partial charge < -0.3 is 5.32 Å². The molecular formula is C21H23N3O. The fourth-order valence-electron chi connectivity index (χ4n) is 2.40. The lowest BCUT2D eigenvalue weighted by Crippen LogP contribution is -2.13. The lowest BCUT2D eigenvalue weighted by molar-refractivity contribution is -0.117. The van der Waals surface area contributed by atoms with Crippen LogP contribution in [0.3, 0.4) is 0 Å². The third-order valence-corrected chi connectivity index (χ3v) is 3.97. The first kappa shape index (κ1) is 16.8. The summed E-state index contributed by atoms with van der Waals surface area (Å²) in [4.78, 5) is 11.8. The molecule has 0 unspecified atom stereocenters. The van der Waals surface area contributed by atoms with Gasteiger partial charge in [-0.2, -0.15) is 10.2 Å². The Kier molecular flexibility index (Phi) is 5.52. The van der Waals surface area contributed by atoms with E-state index in [2.05, 4.69) is 15.5 Å². The van der Waals surface area contributed by atoms with Crippen molar-refractivity contribution in [2.24, 2.45) is 5.92 Å². The van der Waals surface area contributed by atoms with Gasteiger partial charge in [-0.05, 0) is 49.6 Å². The Hall–Kier alpha value is -3.01. The van der Waals surface area contributed by atoms with Crippen molar-refractivity contribution < 1.29 is 6.22 Å². The van der Waals surface area contributed by atoms with Gasteiger partial charge in [0.1, 0.15) is 0 Å². The van der Waals surface area contributed by atoms with E-state index in [9.17, 15) is 4.79 Å². The van der Waals surface area contributed by atoms with Gasteiger partial charge in [0.2, 0.25) is 5.91 Å². The Labute approximate surface area is 149 Å². The standard InChI is InChI=1S/C15H15N3O.C6H6.H2/c1-10-4-7-12(17-15(19)11-5-6-11)9-13(10)14-3-2-8-16-18-14;1-2-4-6-5-3-1;/h2-4,7-9,11H,5-6H2,1H3,(H,17,19);1-6H;1H. The van der Waals surface area contributed by atoms with Gasteiger partial charge in [0, 0.05) is 24.8 Å². The van der Waals surface area contributed by atoms with Crippen LogP contribution in [0.2, 0.25) is 0 Å². The Morgan fingerprint density at radius 3 is 2.28 bits per heavy atom. The molecule has 0 bridgehead atoms. The molecule has 4 heteroatoms. The molecule has 0 saturated heterocycles. The number of rotatable bonds is 3. The average molecular weight is 333 g/mol. The zero-order chi connectivity index (χ0) is 17.5. The fraction of sp³-hybridized carbons (Fsp3) is 0.190.